The summed E-state index contributed by atoms with van der Waals surface area (Å²) in [5.74, 6) is 0. The van der Waals surface area contributed by atoms with Crippen molar-refractivity contribution in [2.45, 2.75) is 0 Å². The maximum absolute atomic E-state index is 2.32. The van der Waals surface area contributed by atoms with Crippen molar-refractivity contribution >= 4 is 36.9 Å². The van der Waals surface area contributed by atoms with Crippen LogP contribution >= 0.6 is 7.47 Å². The first-order valence-corrected chi connectivity index (χ1v) is 13.0. The van der Waals surface area contributed by atoms with Crippen LogP contribution in [0.15, 0.2) is 121 Å². The van der Waals surface area contributed by atoms with Crippen LogP contribution in [-0.4, -0.2) is 8.46 Å². The maximum Gasteiger partial charge on any atom is 0.137 e. The van der Waals surface area contributed by atoms with Gasteiger partial charge in [-0.3, -0.25) is 0 Å². The normalized spacial score (nSPS) is 11.0. The minimum atomic E-state index is -1.45. The Labute approximate surface area is 158 Å². The van der Waals surface area contributed by atoms with Crippen molar-refractivity contribution in [3.63, 3.8) is 0 Å². The van der Waals surface area contributed by atoms with Crippen LogP contribution in [0.3, 0.4) is 0 Å². The zero-order chi connectivity index (χ0) is 17.6. The Morgan fingerprint density at radius 2 is 0.692 bits per heavy atom. The third kappa shape index (κ3) is 3.70. The van der Waals surface area contributed by atoms with Gasteiger partial charge in [-0.05, 0) is 10.6 Å². The van der Waals surface area contributed by atoms with Crippen molar-refractivity contribution < 1.29 is 0 Å². The van der Waals surface area contributed by atoms with Crippen molar-refractivity contribution in [3.8, 4) is 0 Å². The molecule has 0 spiro atoms. The molecule has 0 aromatic heterocycles. The van der Waals surface area contributed by atoms with E-state index in [-0.39, 0.29) is 0 Å². The SMILES string of the molecule is c1ccc([SiH](c2ccccc2)P(c2ccccc2)c2ccccc2)cc1. The molecule has 0 saturated heterocycles. The molecule has 0 bridgehead atoms. The summed E-state index contributed by atoms with van der Waals surface area (Å²) in [4.78, 5) is 0. The van der Waals surface area contributed by atoms with Gasteiger partial charge < -0.3 is 0 Å². The lowest BCUT2D eigenvalue weighted by Crippen LogP contribution is -2.45. The van der Waals surface area contributed by atoms with E-state index in [1.807, 2.05) is 0 Å². The van der Waals surface area contributed by atoms with Gasteiger partial charge >= 0.3 is 0 Å². The quantitative estimate of drug-likeness (QED) is 0.373. The Kier molecular flexibility index (Phi) is 5.40. The summed E-state index contributed by atoms with van der Waals surface area (Å²) in [6, 6.07) is 44.4. The third-order valence-corrected chi connectivity index (χ3v) is 13.9. The van der Waals surface area contributed by atoms with Gasteiger partial charge in [0.2, 0.25) is 0 Å². The van der Waals surface area contributed by atoms with Gasteiger partial charge in [0.25, 0.3) is 0 Å². The smallest absolute Gasteiger partial charge is 0.0625 e. The predicted octanol–water partition coefficient (Wildman–Crippen LogP) is 3.66. The monoisotopic (exact) mass is 368 g/mol. The molecule has 126 valence electrons. The zero-order valence-corrected chi connectivity index (χ0v) is 16.6. The molecule has 0 unspecified atom stereocenters. The summed E-state index contributed by atoms with van der Waals surface area (Å²) in [5, 5.41) is 5.96. The van der Waals surface area contributed by atoms with E-state index in [1.165, 1.54) is 21.0 Å². The highest BCUT2D eigenvalue weighted by Crippen LogP contribution is 2.36. The van der Waals surface area contributed by atoms with Gasteiger partial charge in [0, 0.05) is 0 Å². The first-order chi connectivity index (χ1) is 12.9. The lowest BCUT2D eigenvalue weighted by atomic mass is 10.4. The van der Waals surface area contributed by atoms with E-state index in [0.29, 0.717) is 0 Å². The van der Waals surface area contributed by atoms with Gasteiger partial charge in [0.15, 0.2) is 0 Å². The minimum Gasteiger partial charge on any atom is -0.0625 e. The molecule has 0 N–H and O–H groups in total. The molecule has 0 nitrogen and oxygen atoms in total. The molecule has 4 aromatic carbocycles. The summed E-state index contributed by atoms with van der Waals surface area (Å²) < 4.78 is 0. The summed E-state index contributed by atoms with van der Waals surface area (Å²) in [6.45, 7) is 0. The highest BCUT2D eigenvalue weighted by atomic mass is 31.4. The first kappa shape index (κ1) is 17.0. The Morgan fingerprint density at radius 1 is 0.385 bits per heavy atom. The van der Waals surface area contributed by atoms with Crippen molar-refractivity contribution in [3.05, 3.63) is 121 Å². The summed E-state index contributed by atoms with van der Waals surface area (Å²) in [6.07, 6.45) is 0. The second-order valence-corrected chi connectivity index (χ2v) is 13.3. The van der Waals surface area contributed by atoms with Crippen LogP contribution in [-0.2, 0) is 0 Å². The fraction of sp³-hybridized carbons (Fsp3) is 0. The van der Waals surface area contributed by atoms with Gasteiger partial charge in [0.05, 0.1) is 0 Å². The van der Waals surface area contributed by atoms with Crippen molar-refractivity contribution in [1.82, 2.24) is 0 Å². The van der Waals surface area contributed by atoms with Crippen molar-refractivity contribution in [2.75, 3.05) is 0 Å². The molecule has 0 atom stereocenters. The molecule has 0 heterocycles. The van der Waals surface area contributed by atoms with Crippen LogP contribution < -0.4 is 21.0 Å². The molecule has 0 aliphatic heterocycles. The van der Waals surface area contributed by atoms with Crippen LogP contribution in [0.5, 0.6) is 0 Å². The number of rotatable bonds is 5. The third-order valence-electron chi connectivity index (χ3n) is 4.56. The number of hydrogen-bond donors (Lipinski definition) is 0. The maximum atomic E-state index is 2.32. The minimum absolute atomic E-state index is 0.428. The van der Waals surface area contributed by atoms with Crippen LogP contribution in [0.4, 0.5) is 0 Å². The van der Waals surface area contributed by atoms with Crippen molar-refractivity contribution in [1.29, 1.82) is 0 Å². The van der Waals surface area contributed by atoms with Crippen molar-refractivity contribution in [2.24, 2.45) is 0 Å². The molecule has 0 aliphatic carbocycles. The van der Waals surface area contributed by atoms with Gasteiger partial charge in [-0.25, -0.2) is 0 Å². The molecular formula is C24H21PSi. The van der Waals surface area contributed by atoms with Gasteiger partial charge in [0.1, 0.15) is 8.46 Å². The lowest BCUT2D eigenvalue weighted by molar-refractivity contribution is 1.74. The number of hydrogen-bond acceptors (Lipinski definition) is 0. The van der Waals surface area contributed by atoms with Gasteiger partial charge in [-0.1, -0.05) is 139 Å². The topological polar surface area (TPSA) is 0 Å². The molecule has 0 fully saturated rings. The standard InChI is InChI=1S/C24H21PSi/c1-5-13-21(14-6-1)25(22-15-7-2-8-16-22)26(23-17-9-3-10-18-23)24-19-11-4-12-20-24/h1-20,26H. The van der Waals surface area contributed by atoms with Crippen LogP contribution in [0, 0.1) is 0 Å². The van der Waals surface area contributed by atoms with Crippen LogP contribution in [0.25, 0.3) is 0 Å². The Bertz CT molecular complexity index is 765. The van der Waals surface area contributed by atoms with E-state index >= 15 is 0 Å². The van der Waals surface area contributed by atoms with E-state index in [4.69, 9.17) is 0 Å². The molecule has 0 aliphatic rings. The largest absolute Gasteiger partial charge is 0.137 e. The Morgan fingerprint density at radius 3 is 1.04 bits per heavy atom. The summed E-state index contributed by atoms with van der Waals surface area (Å²) in [5.41, 5.74) is 0. The zero-order valence-electron chi connectivity index (χ0n) is 14.6. The second kappa shape index (κ2) is 8.27. The molecule has 4 rings (SSSR count). The highest BCUT2D eigenvalue weighted by Gasteiger charge is 2.29. The lowest BCUT2D eigenvalue weighted by Gasteiger charge is -2.28. The average Bonchev–Trinajstić information content (AvgIpc) is 2.74. The van der Waals surface area contributed by atoms with E-state index in [2.05, 4.69) is 121 Å². The van der Waals surface area contributed by atoms with Crippen LogP contribution in [0.1, 0.15) is 0 Å². The molecule has 0 radical (unpaired) electrons. The predicted molar refractivity (Wildman–Crippen MR) is 118 cm³/mol. The summed E-state index contributed by atoms with van der Waals surface area (Å²) >= 11 is 0. The second-order valence-electron chi connectivity index (χ2n) is 6.27. The van der Waals surface area contributed by atoms with Gasteiger partial charge in [-0.15, -0.1) is 0 Å². The van der Waals surface area contributed by atoms with Crippen LogP contribution in [0.2, 0.25) is 0 Å². The first-order valence-electron chi connectivity index (χ1n) is 8.93. The number of benzene rings is 4. The van der Waals surface area contributed by atoms with E-state index < -0.39 is 15.9 Å². The Balaban J connectivity index is 1.93. The molecule has 0 saturated carbocycles. The fourth-order valence-electron chi connectivity index (χ4n) is 3.39. The highest BCUT2D eigenvalue weighted by molar-refractivity contribution is 8.04. The van der Waals surface area contributed by atoms with E-state index in [1.54, 1.807) is 0 Å². The molecule has 4 aromatic rings. The molecular weight excluding hydrogens is 347 g/mol. The fourth-order valence-corrected chi connectivity index (χ4v) is 13.1. The molecule has 0 amide bonds. The van der Waals surface area contributed by atoms with E-state index in [0.717, 1.165) is 0 Å². The molecule has 26 heavy (non-hydrogen) atoms. The molecule has 2 heteroatoms. The average molecular weight is 368 g/mol. The Hall–Kier alpha value is -2.47. The summed E-state index contributed by atoms with van der Waals surface area (Å²) in [7, 11) is -1.88. The van der Waals surface area contributed by atoms with E-state index in [9.17, 15) is 0 Å². The van der Waals surface area contributed by atoms with Gasteiger partial charge in [-0.2, -0.15) is 0 Å².